The van der Waals surface area contributed by atoms with Crippen molar-refractivity contribution in [3.05, 3.63) is 12.1 Å². The van der Waals surface area contributed by atoms with Crippen molar-refractivity contribution in [3.63, 3.8) is 0 Å². The second kappa shape index (κ2) is 6.19. The molecule has 0 spiro atoms. The van der Waals surface area contributed by atoms with E-state index in [0.29, 0.717) is 18.1 Å². The van der Waals surface area contributed by atoms with Crippen LogP contribution in [0.3, 0.4) is 0 Å². The van der Waals surface area contributed by atoms with Crippen LogP contribution in [0.4, 0.5) is 20.3 Å². The number of aromatic nitrogens is 1. The molecule has 0 bridgehead atoms. The number of rotatable bonds is 6. The third kappa shape index (κ3) is 4.03. The number of aliphatic hydroxyl groups is 1. The summed E-state index contributed by atoms with van der Waals surface area (Å²) in [5, 5.41) is 11.5. The number of hydrogen-bond acceptors (Lipinski definition) is 5. The lowest BCUT2D eigenvalue weighted by atomic mass is 10.3. The van der Waals surface area contributed by atoms with Gasteiger partial charge in [0, 0.05) is 6.54 Å². The molecule has 1 aromatic heterocycles. The van der Waals surface area contributed by atoms with Crippen LogP contribution in [0.25, 0.3) is 0 Å². The van der Waals surface area contributed by atoms with Crippen molar-refractivity contribution in [1.82, 2.24) is 4.98 Å². The minimum atomic E-state index is -2.79. The average molecular weight is 247 g/mol. The number of alkyl halides is 2. The van der Waals surface area contributed by atoms with Gasteiger partial charge in [0.1, 0.15) is 11.9 Å². The fourth-order valence-electron chi connectivity index (χ4n) is 1.10. The van der Waals surface area contributed by atoms with Crippen LogP contribution in [0.5, 0.6) is 5.88 Å². The molecule has 0 aromatic carbocycles. The van der Waals surface area contributed by atoms with E-state index >= 15 is 0 Å². The number of aliphatic hydroxyl groups excluding tert-OH is 1. The first kappa shape index (κ1) is 13.4. The topological polar surface area (TPSA) is 80.4 Å². The summed E-state index contributed by atoms with van der Waals surface area (Å²) >= 11 is 0. The van der Waals surface area contributed by atoms with Crippen LogP contribution >= 0.6 is 0 Å². The van der Waals surface area contributed by atoms with Crippen molar-refractivity contribution in [2.75, 3.05) is 24.2 Å². The molecule has 0 aliphatic rings. The molecule has 0 saturated heterocycles. The van der Waals surface area contributed by atoms with Gasteiger partial charge < -0.3 is 20.9 Å². The van der Waals surface area contributed by atoms with Crippen LogP contribution in [0.15, 0.2) is 12.1 Å². The quantitative estimate of drug-likeness (QED) is 0.701. The van der Waals surface area contributed by atoms with Crippen LogP contribution in [0.1, 0.15) is 6.92 Å². The fourth-order valence-corrected chi connectivity index (χ4v) is 1.10. The van der Waals surface area contributed by atoms with Gasteiger partial charge in [-0.2, -0.15) is 4.98 Å². The van der Waals surface area contributed by atoms with Crippen molar-refractivity contribution in [1.29, 1.82) is 0 Å². The molecule has 1 rings (SSSR count). The Morgan fingerprint density at radius 3 is 2.82 bits per heavy atom. The zero-order chi connectivity index (χ0) is 12.8. The third-order valence-electron chi connectivity index (χ3n) is 1.95. The highest BCUT2D eigenvalue weighted by atomic mass is 19.3. The second-order valence-electron chi connectivity index (χ2n) is 3.31. The van der Waals surface area contributed by atoms with E-state index < -0.39 is 12.5 Å². The van der Waals surface area contributed by atoms with E-state index in [1.165, 1.54) is 6.07 Å². The first-order chi connectivity index (χ1) is 8.04. The number of ether oxygens (including phenoxy) is 1. The predicted molar refractivity (Wildman–Crippen MR) is 60.3 cm³/mol. The fraction of sp³-hybridized carbons (Fsp3) is 0.500. The lowest BCUT2D eigenvalue weighted by molar-refractivity contribution is 0.00380. The maximum Gasteiger partial charge on any atom is 0.265 e. The van der Waals surface area contributed by atoms with Gasteiger partial charge in [-0.25, -0.2) is 8.78 Å². The Morgan fingerprint density at radius 2 is 2.24 bits per heavy atom. The summed E-state index contributed by atoms with van der Waals surface area (Å²) in [6.07, 6.45) is -4.52. The lowest BCUT2D eigenvalue weighted by Crippen LogP contribution is -2.27. The zero-order valence-corrected chi connectivity index (χ0v) is 9.36. The van der Waals surface area contributed by atoms with Gasteiger partial charge >= 0.3 is 0 Å². The summed E-state index contributed by atoms with van der Waals surface area (Å²) < 4.78 is 29.2. The molecule has 0 saturated carbocycles. The second-order valence-corrected chi connectivity index (χ2v) is 3.31. The van der Waals surface area contributed by atoms with Gasteiger partial charge in [0.2, 0.25) is 5.88 Å². The van der Waals surface area contributed by atoms with Crippen molar-refractivity contribution in [2.45, 2.75) is 19.5 Å². The normalized spacial score (nSPS) is 12.5. The van der Waals surface area contributed by atoms with E-state index in [1.54, 1.807) is 13.0 Å². The van der Waals surface area contributed by atoms with Crippen LogP contribution in [-0.2, 0) is 0 Å². The number of anilines is 2. The predicted octanol–water partition coefficient (Wildman–Crippen LogP) is 1.10. The Bertz CT molecular complexity index is 363. The van der Waals surface area contributed by atoms with E-state index in [2.05, 4.69) is 10.3 Å². The van der Waals surface area contributed by atoms with E-state index in [1.807, 2.05) is 0 Å². The number of pyridine rings is 1. The van der Waals surface area contributed by atoms with E-state index in [9.17, 15) is 8.78 Å². The van der Waals surface area contributed by atoms with Crippen LogP contribution in [0, 0.1) is 0 Å². The Morgan fingerprint density at radius 1 is 1.53 bits per heavy atom. The largest absolute Gasteiger partial charge is 0.476 e. The Labute approximate surface area is 97.6 Å². The molecular formula is C10H15F2N3O2. The minimum Gasteiger partial charge on any atom is -0.476 e. The molecule has 4 N–H and O–H groups in total. The molecular weight excluding hydrogens is 232 g/mol. The van der Waals surface area contributed by atoms with Crippen LogP contribution in [-0.4, -0.2) is 35.8 Å². The maximum absolute atomic E-state index is 12.0. The van der Waals surface area contributed by atoms with Gasteiger partial charge in [-0.05, 0) is 19.1 Å². The van der Waals surface area contributed by atoms with E-state index in [4.69, 9.17) is 15.6 Å². The SMILES string of the molecule is CCOc1nc(NCC(O)C(F)F)ccc1N. The molecule has 0 aliphatic heterocycles. The van der Waals surface area contributed by atoms with E-state index in [-0.39, 0.29) is 12.4 Å². The average Bonchev–Trinajstić information content (AvgIpc) is 2.29. The summed E-state index contributed by atoms with van der Waals surface area (Å²) in [5.41, 5.74) is 5.96. The van der Waals surface area contributed by atoms with Gasteiger partial charge in [-0.1, -0.05) is 0 Å². The molecule has 17 heavy (non-hydrogen) atoms. The van der Waals surface area contributed by atoms with Gasteiger partial charge in [0.05, 0.1) is 12.3 Å². The molecule has 96 valence electrons. The summed E-state index contributed by atoms with van der Waals surface area (Å²) in [5.74, 6) is 0.561. The highest BCUT2D eigenvalue weighted by molar-refractivity contribution is 5.53. The third-order valence-corrected chi connectivity index (χ3v) is 1.95. The number of nitrogens with one attached hydrogen (secondary N) is 1. The molecule has 1 heterocycles. The smallest absolute Gasteiger partial charge is 0.265 e. The molecule has 0 fully saturated rings. The number of nitrogens with zero attached hydrogens (tertiary/aromatic N) is 1. The zero-order valence-electron chi connectivity index (χ0n) is 9.36. The summed E-state index contributed by atoms with van der Waals surface area (Å²) in [6, 6.07) is 3.07. The van der Waals surface area contributed by atoms with E-state index in [0.717, 1.165) is 0 Å². The van der Waals surface area contributed by atoms with Crippen molar-refractivity contribution < 1.29 is 18.6 Å². The maximum atomic E-state index is 12.0. The first-order valence-electron chi connectivity index (χ1n) is 5.14. The number of halogens is 2. The Hall–Kier alpha value is -1.63. The molecule has 5 nitrogen and oxygen atoms in total. The molecule has 0 radical (unpaired) electrons. The summed E-state index contributed by atoms with van der Waals surface area (Å²) in [4.78, 5) is 3.98. The minimum absolute atomic E-state index is 0.240. The van der Waals surface area contributed by atoms with Crippen molar-refractivity contribution >= 4 is 11.5 Å². The molecule has 7 heteroatoms. The summed E-state index contributed by atoms with van der Waals surface area (Å²) in [7, 11) is 0. The first-order valence-corrected chi connectivity index (χ1v) is 5.14. The van der Waals surface area contributed by atoms with Gasteiger partial charge in [0.25, 0.3) is 6.43 Å². The molecule has 1 unspecified atom stereocenters. The summed E-state index contributed by atoms with van der Waals surface area (Å²) in [6.45, 7) is 1.89. The Balaban J connectivity index is 2.62. The number of hydrogen-bond donors (Lipinski definition) is 3. The monoisotopic (exact) mass is 247 g/mol. The Kier molecular flexibility index (Phi) is 4.89. The lowest BCUT2D eigenvalue weighted by Gasteiger charge is -2.12. The van der Waals surface area contributed by atoms with Crippen LogP contribution in [0.2, 0.25) is 0 Å². The van der Waals surface area contributed by atoms with Crippen molar-refractivity contribution in [3.8, 4) is 5.88 Å². The van der Waals surface area contributed by atoms with Gasteiger partial charge in [-0.15, -0.1) is 0 Å². The highest BCUT2D eigenvalue weighted by Gasteiger charge is 2.16. The van der Waals surface area contributed by atoms with Crippen LogP contribution < -0.4 is 15.8 Å². The van der Waals surface area contributed by atoms with Gasteiger partial charge in [0.15, 0.2) is 0 Å². The number of nitrogens with two attached hydrogens (primary N) is 1. The van der Waals surface area contributed by atoms with Gasteiger partial charge in [-0.3, -0.25) is 0 Å². The molecule has 1 atom stereocenters. The highest BCUT2D eigenvalue weighted by Crippen LogP contribution is 2.20. The molecule has 1 aromatic rings. The molecule has 0 aliphatic carbocycles. The standard InChI is InChI=1S/C10H15F2N3O2/c1-2-17-10-6(13)3-4-8(15-10)14-5-7(16)9(11)12/h3-4,7,9,16H,2,5,13H2,1H3,(H,14,15). The van der Waals surface area contributed by atoms with Crippen molar-refractivity contribution in [2.24, 2.45) is 0 Å². The number of nitrogen functional groups attached to an aromatic ring is 1. The molecule has 0 amide bonds.